The molecule has 2 rings (SSSR count). The number of amides is 1. The zero-order chi connectivity index (χ0) is 17.7. The predicted octanol–water partition coefficient (Wildman–Crippen LogP) is 1.44. The maximum atomic E-state index is 12.7. The smallest absolute Gasteiger partial charge is 0.253 e. The molecule has 0 saturated carbocycles. The Bertz CT molecular complexity index is 665. The van der Waals surface area contributed by atoms with Gasteiger partial charge in [0.1, 0.15) is 0 Å². The van der Waals surface area contributed by atoms with Gasteiger partial charge in [0, 0.05) is 24.7 Å². The molecular weight excluding hydrogens is 326 g/mol. The first-order valence-electron chi connectivity index (χ1n) is 8.39. The number of benzene rings is 1. The molecule has 0 bridgehead atoms. The third-order valence-electron chi connectivity index (χ3n) is 4.18. The molecule has 1 fully saturated rings. The lowest BCUT2D eigenvalue weighted by Gasteiger charge is -2.32. The maximum Gasteiger partial charge on any atom is 0.253 e. The number of hydrogen-bond acceptors (Lipinski definition) is 4. The molecule has 0 radical (unpaired) electrons. The van der Waals surface area contributed by atoms with Crippen molar-refractivity contribution in [3.8, 4) is 0 Å². The Kier molecular flexibility index (Phi) is 6.37. The van der Waals surface area contributed by atoms with Crippen molar-refractivity contribution in [1.82, 2.24) is 14.9 Å². The summed E-state index contributed by atoms with van der Waals surface area (Å²) in [6.45, 7) is 5.93. The lowest BCUT2D eigenvalue weighted by atomic mass is 9.96. The molecule has 0 spiro atoms. The molecule has 134 valence electrons. The molecular formula is C17H27N3O3S. The van der Waals surface area contributed by atoms with Crippen LogP contribution < -0.4 is 10.0 Å². The molecule has 0 aliphatic carbocycles. The highest BCUT2D eigenvalue weighted by atomic mass is 32.2. The van der Waals surface area contributed by atoms with Crippen molar-refractivity contribution in [2.75, 3.05) is 26.7 Å². The second-order valence-corrected chi connectivity index (χ2v) is 8.31. The van der Waals surface area contributed by atoms with Crippen LogP contribution in [0.1, 0.15) is 37.0 Å². The number of rotatable bonds is 6. The van der Waals surface area contributed by atoms with E-state index in [2.05, 4.69) is 10.0 Å². The Morgan fingerprint density at radius 2 is 1.96 bits per heavy atom. The number of carbonyl (C=O) groups excluding carboxylic acids is 1. The van der Waals surface area contributed by atoms with E-state index >= 15 is 0 Å². The summed E-state index contributed by atoms with van der Waals surface area (Å²) in [4.78, 5) is 14.6. The molecule has 1 aliphatic rings. The van der Waals surface area contributed by atoms with Gasteiger partial charge in [-0.3, -0.25) is 4.79 Å². The van der Waals surface area contributed by atoms with Gasteiger partial charge in [0.25, 0.3) is 5.91 Å². The van der Waals surface area contributed by atoms with E-state index in [0.717, 1.165) is 19.4 Å². The molecule has 6 nitrogen and oxygen atoms in total. The summed E-state index contributed by atoms with van der Waals surface area (Å²) < 4.78 is 27.1. The Balaban J connectivity index is 2.10. The van der Waals surface area contributed by atoms with E-state index in [4.69, 9.17) is 0 Å². The first-order chi connectivity index (χ1) is 11.3. The molecule has 2 N–H and O–H groups in total. The van der Waals surface area contributed by atoms with Gasteiger partial charge in [0.05, 0.1) is 4.90 Å². The third-order valence-corrected chi connectivity index (χ3v) is 5.83. The number of sulfonamides is 1. The van der Waals surface area contributed by atoms with Crippen LogP contribution in [0.5, 0.6) is 0 Å². The zero-order valence-electron chi connectivity index (χ0n) is 14.6. The van der Waals surface area contributed by atoms with Gasteiger partial charge in [-0.25, -0.2) is 13.1 Å². The SMILES string of the molecule is CNCC1CCN(C(=O)c2cccc(S(=O)(=O)NC(C)C)c2)CC1. The van der Waals surface area contributed by atoms with Gasteiger partial charge in [0.2, 0.25) is 10.0 Å². The number of nitrogens with one attached hydrogen (secondary N) is 2. The first kappa shape index (κ1) is 18.9. The van der Waals surface area contributed by atoms with Crippen molar-refractivity contribution >= 4 is 15.9 Å². The summed E-state index contributed by atoms with van der Waals surface area (Å²) in [5, 5.41) is 3.18. The topological polar surface area (TPSA) is 78.5 Å². The fourth-order valence-electron chi connectivity index (χ4n) is 2.99. The quantitative estimate of drug-likeness (QED) is 0.811. The number of likely N-dealkylation sites (tertiary alicyclic amines) is 1. The summed E-state index contributed by atoms with van der Waals surface area (Å²) >= 11 is 0. The van der Waals surface area contributed by atoms with Crippen LogP contribution in [0.15, 0.2) is 29.2 Å². The van der Waals surface area contributed by atoms with Crippen molar-refractivity contribution in [2.24, 2.45) is 5.92 Å². The van der Waals surface area contributed by atoms with E-state index in [-0.39, 0.29) is 16.8 Å². The maximum absolute atomic E-state index is 12.7. The molecule has 1 aromatic carbocycles. The van der Waals surface area contributed by atoms with E-state index in [0.29, 0.717) is 24.6 Å². The van der Waals surface area contributed by atoms with Crippen LogP contribution in [-0.2, 0) is 10.0 Å². The van der Waals surface area contributed by atoms with Gasteiger partial charge in [-0.2, -0.15) is 0 Å². The summed E-state index contributed by atoms with van der Waals surface area (Å²) in [7, 11) is -1.65. The highest BCUT2D eigenvalue weighted by molar-refractivity contribution is 7.89. The summed E-state index contributed by atoms with van der Waals surface area (Å²) in [6.07, 6.45) is 1.94. The average molecular weight is 353 g/mol. The molecule has 1 saturated heterocycles. The summed E-state index contributed by atoms with van der Waals surface area (Å²) in [5.74, 6) is 0.500. The second-order valence-electron chi connectivity index (χ2n) is 6.60. The van der Waals surface area contributed by atoms with Crippen molar-refractivity contribution in [3.05, 3.63) is 29.8 Å². The van der Waals surface area contributed by atoms with Crippen LogP contribution in [0.3, 0.4) is 0 Å². The van der Waals surface area contributed by atoms with E-state index in [9.17, 15) is 13.2 Å². The monoisotopic (exact) mass is 353 g/mol. The predicted molar refractivity (Wildman–Crippen MR) is 94.5 cm³/mol. The Morgan fingerprint density at radius 1 is 1.29 bits per heavy atom. The van der Waals surface area contributed by atoms with Crippen LogP contribution >= 0.6 is 0 Å². The minimum Gasteiger partial charge on any atom is -0.339 e. The number of carbonyl (C=O) groups is 1. The standard InChI is InChI=1S/C17H27N3O3S/c1-13(2)19-24(22,23)16-6-4-5-15(11-16)17(21)20-9-7-14(8-10-20)12-18-3/h4-6,11,13-14,18-19H,7-10,12H2,1-3H3. The van der Waals surface area contributed by atoms with Crippen LogP contribution in [0.4, 0.5) is 0 Å². The van der Waals surface area contributed by atoms with E-state index < -0.39 is 10.0 Å². The van der Waals surface area contributed by atoms with E-state index in [1.165, 1.54) is 12.1 Å². The fourth-order valence-corrected chi connectivity index (χ4v) is 4.28. The number of nitrogens with zero attached hydrogens (tertiary/aromatic N) is 1. The minimum absolute atomic E-state index is 0.0977. The van der Waals surface area contributed by atoms with Gasteiger partial charge in [-0.1, -0.05) is 6.07 Å². The van der Waals surface area contributed by atoms with Crippen LogP contribution in [0, 0.1) is 5.92 Å². The molecule has 1 heterocycles. The summed E-state index contributed by atoms with van der Waals surface area (Å²) in [5.41, 5.74) is 0.425. The Labute approximate surface area is 144 Å². The third kappa shape index (κ3) is 4.78. The Hall–Kier alpha value is -1.44. The molecule has 1 aliphatic heterocycles. The van der Waals surface area contributed by atoms with Crippen LogP contribution in [-0.4, -0.2) is 51.9 Å². The van der Waals surface area contributed by atoms with Crippen molar-refractivity contribution in [2.45, 2.75) is 37.6 Å². The average Bonchev–Trinajstić information content (AvgIpc) is 2.54. The van der Waals surface area contributed by atoms with Gasteiger partial charge < -0.3 is 10.2 Å². The molecule has 1 aromatic rings. The van der Waals surface area contributed by atoms with Gasteiger partial charge >= 0.3 is 0 Å². The zero-order valence-corrected chi connectivity index (χ0v) is 15.4. The first-order valence-corrected chi connectivity index (χ1v) is 9.88. The summed E-state index contributed by atoms with van der Waals surface area (Å²) in [6, 6.07) is 6.08. The largest absolute Gasteiger partial charge is 0.339 e. The molecule has 0 aromatic heterocycles. The second kappa shape index (κ2) is 8.09. The van der Waals surface area contributed by atoms with Crippen molar-refractivity contribution in [1.29, 1.82) is 0 Å². The molecule has 0 unspecified atom stereocenters. The van der Waals surface area contributed by atoms with Crippen molar-refractivity contribution in [3.63, 3.8) is 0 Å². The highest BCUT2D eigenvalue weighted by Crippen LogP contribution is 2.20. The molecule has 1 amide bonds. The van der Waals surface area contributed by atoms with E-state index in [1.54, 1.807) is 26.0 Å². The van der Waals surface area contributed by atoms with Gasteiger partial charge in [-0.05, 0) is 64.4 Å². The van der Waals surface area contributed by atoms with Gasteiger partial charge in [-0.15, -0.1) is 0 Å². The molecule has 24 heavy (non-hydrogen) atoms. The normalized spacial score (nSPS) is 16.6. The Morgan fingerprint density at radius 3 is 2.54 bits per heavy atom. The molecule has 7 heteroatoms. The minimum atomic E-state index is -3.59. The molecule has 0 atom stereocenters. The fraction of sp³-hybridized carbons (Fsp3) is 0.588. The van der Waals surface area contributed by atoms with Gasteiger partial charge in [0.15, 0.2) is 0 Å². The van der Waals surface area contributed by atoms with Crippen LogP contribution in [0.25, 0.3) is 0 Å². The van der Waals surface area contributed by atoms with Crippen LogP contribution in [0.2, 0.25) is 0 Å². The van der Waals surface area contributed by atoms with E-state index in [1.807, 2.05) is 11.9 Å². The highest BCUT2D eigenvalue weighted by Gasteiger charge is 2.24. The lowest BCUT2D eigenvalue weighted by Crippen LogP contribution is -2.40. The number of piperidine rings is 1. The lowest BCUT2D eigenvalue weighted by molar-refractivity contribution is 0.0690. The number of hydrogen-bond donors (Lipinski definition) is 2. The van der Waals surface area contributed by atoms with Crippen molar-refractivity contribution < 1.29 is 13.2 Å².